The fourth-order valence-corrected chi connectivity index (χ4v) is 2.31. The Kier molecular flexibility index (Phi) is 5.52. The van der Waals surface area contributed by atoms with Gasteiger partial charge in [0.05, 0.1) is 18.9 Å². The lowest BCUT2D eigenvalue weighted by Gasteiger charge is -2.12. The lowest BCUT2D eigenvalue weighted by Crippen LogP contribution is -2.13. The van der Waals surface area contributed by atoms with Crippen molar-refractivity contribution in [2.24, 2.45) is 7.05 Å². The van der Waals surface area contributed by atoms with Crippen molar-refractivity contribution >= 4 is 17.8 Å². The molecule has 0 atom stereocenters. The molecule has 0 aliphatic carbocycles. The number of rotatable bonds is 6. The van der Waals surface area contributed by atoms with E-state index in [0.717, 1.165) is 16.7 Å². The van der Waals surface area contributed by atoms with E-state index >= 15 is 0 Å². The molecule has 0 aliphatic heterocycles. The summed E-state index contributed by atoms with van der Waals surface area (Å²) in [4.78, 5) is 23.2. The minimum absolute atomic E-state index is 0.107. The third-order valence-corrected chi connectivity index (χ3v) is 3.46. The fraction of sp³-hybridized carbons (Fsp3) is 0.278. The molecule has 0 saturated heterocycles. The first-order chi connectivity index (χ1) is 11.4. The van der Waals surface area contributed by atoms with E-state index in [1.54, 1.807) is 24.0 Å². The third kappa shape index (κ3) is 4.32. The topological polar surface area (TPSA) is 70.4 Å². The van der Waals surface area contributed by atoms with Gasteiger partial charge in [0.1, 0.15) is 5.75 Å². The quantitative estimate of drug-likeness (QED) is 0.463. The number of ether oxygens (including phenoxy) is 2. The van der Waals surface area contributed by atoms with Gasteiger partial charge in [-0.2, -0.15) is 5.10 Å². The van der Waals surface area contributed by atoms with Crippen LogP contribution in [0.2, 0.25) is 0 Å². The molecule has 1 aromatic heterocycles. The maximum absolute atomic E-state index is 12.1. The monoisotopic (exact) mass is 328 g/mol. The highest BCUT2D eigenvalue weighted by molar-refractivity contribution is 6.06. The number of esters is 1. The normalized spacial score (nSPS) is 10.8. The van der Waals surface area contributed by atoms with Gasteiger partial charge in [-0.1, -0.05) is 6.08 Å². The van der Waals surface area contributed by atoms with Gasteiger partial charge in [-0.3, -0.25) is 9.48 Å². The van der Waals surface area contributed by atoms with Gasteiger partial charge in [0, 0.05) is 13.2 Å². The average molecular weight is 328 g/mol. The van der Waals surface area contributed by atoms with Crippen LogP contribution in [0.1, 0.15) is 27.0 Å². The molecule has 24 heavy (non-hydrogen) atoms. The molecule has 2 rings (SSSR count). The molecule has 6 nitrogen and oxygen atoms in total. The highest BCUT2D eigenvalue weighted by atomic mass is 16.6. The van der Waals surface area contributed by atoms with Crippen LogP contribution in [0.15, 0.2) is 30.6 Å². The van der Waals surface area contributed by atoms with Gasteiger partial charge in [0.25, 0.3) is 0 Å². The Labute approximate surface area is 140 Å². The molecule has 6 heteroatoms. The van der Waals surface area contributed by atoms with Crippen LogP contribution in [0, 0.1) is 13.8 Å². The van der Waals surface area contributed by atoms with Gasteiger partial charge in [0.15, 0.2) is 12.4 Å². The molecule has 2 aromatic rings. The Bertz CT molecular complexity index is 767. The molecule has 0 radical (unpaired) electrons. The minimum Gasteiger partial charge on any atom is -0.481 e. The van der Waals surface area contributed by atoms with Gasteiger partial charge >= 0.3 is 5.97 Å². The van der Waals surface area contributed by atoms with E-state index in [4.69, 9.17) is 4.74 Å². The summed E-state index contributed by atoms with van der Waals surface area (Å²) in [6.07, 6.45) is 6.47. The summed E-state index contributed by atoms with van der Waals surface area (Å²) >= 11 is 0. The van der Waals surface area contributed by atoms with Crippen molar-refractivity contribution in [1.82, 2.24) is 9.78 Å². The predicted molar refractivity (Wildman–Crippen MR) is 90.0 cm³/mol. The summed E-state index contributed by atoms with van der Waals surface area (Å²) < 4.78 is 11.6. The van der Waals surface area contributed by atoms with Gasteiger partial charge in [-0.25, -0.2) is 4.79 Å². The minimum atomic E-state index is -0.431. The molecule has 0 fully saturated rings. The summed E-state index contributed by atoms with van der Waals surface area (Å²) in [5.41, 5.74) is 3.19. The second-order valence-electron chi connectivity index (χ2n) is 5.45. The van der Waals surface area contributed by atoms with Crippen molar-refractivity contribution in [3.05, 3.63) is 52.9 Å². The molecular formula is C18H20N2O4. The van der Waals surface area contributed by atoms with Gasteiger partial charge < -0.3 is 9.47 Å². The number of hydrogen-bond donors (Lipinski definition) is 0. The Morgan fingerprint density at radius 1 is 1.25 bits per heavy atom. The van der Waals surface area contributed by atoms with Gasteiger partial charge in [-0.05, 0) is 48.7 Å². The summed E-state index contributed by atoms with van der Waals surface area (Å²) in [6, 6.07) is 3.79. The smallest absolute Gasteiger partial charge is 0.343 e. The first-order valence-corrected chi connectivity index (χ1v) is 7.42. The van der Waals surface area contributed by atoms with Crippen LogP contribution in [0.3, 0.4) is 0 Å². The number of ketones is 1. The molecule has 0 saturated carbocycles. The number of nitrogens with zero attached hydrogens (tertiary/aromatic N) is 2. The van der Waals surface area contributed by atoms with Crippen molar-refractivity contribution in [2.75, 3.05) is 13.7 Å². The van der Waals surface area contributed by atoms with E-state index < -0.39 is 5.97 Å². The summed E-state index contributed by atoms with van der Waals surface area (Å²) in [5.74, 6) is 0.111. The fourth-order valence-electron chi connectivity index (χ4n) is 2.31. The SMILES string of the molecule is COC(=O)COc1c(C)cc(C=CC(=O)c2cnn(C)c2)cc1C. The maximum atomic E-state index is 12.1. The second kappa shape index (κ2) is 7.59. The Morgan fingerprint density at radius 3 is 2.46 bits per heavy atom. The molecule has 0 N–H and O–H groups in total. The zero-order valence-corrected chi connectivity index (χ0v) is 14.2. The van der Waals surface area contributed by atoms with Gasteiger partial charge in [-0.15, -0.1) is 0 Å². The lowest BCUT2D eigenvalue weighted by atomic mass is 10.0. The Morgan fingerprint density at radius 2 is 1.92 bits per heavy atom. The van der Waals surface area contributed by atoms with E-state index in [2.05, 4.69) is 9.84 Å². The van der Waals surface area contributed by atoms with Gasteiger partial charge in [0.2, 0.25) is 0 Å². The zero-order chi connectivity index (χ0) is 17.7. The Balaban J connectivity index is 2.13. The number of aromatic nitrogens is 2. The first-order valence-electron chi connectivity index (χ1n) is 7.42. The van der Waals surface area contributed by atoms with Crippen LogP contribution >= 0.6 is 0 Å². The standard InChI is InChI=1S/C18H20N2O4/c1-12-7-14(5-6-16(21)15-9-19-20(3)10-15)8-13(2)18(12)24-11-17(22)23-4/h5-10H,11H2,1-4H3. The molecule has 0 unspecified atom stereocenters. The van der Waals surface area contributed by atoms with E-state index in [9.17, 15) is 9.59 Å². The number of hydrogen-bond acceptors (Lipinski definition) is 5. The second-order valence-corrected chi connectivity index (χ2v) is 5.45. The van der Waals surface area contributed by atoms with Crippen molar-refractivity contribution < 1.29 is 19.1 Å². The maximum Gasteiger partial charge on any atom is 0.343 e. The summed E-state index contributed by atoms with van der Waals surface area (Å²) in [5, 5.41) is 3.98. The molecule has 0 bridgehead atoms. The number of aryl methyl sites for hydroxylation is 3. The van der Waals surface area contributed by atoms with Crippen LogP contribution in [-0.4, -0.2) is 35.2 Å². The first kappa shape index (κ1) is 17.5. The van der Waals surface area contributed by atoms with Crippen LogP contribution in [0.5, 0.6) is 5.75 Å². The average Bonchev–Trinajstić information content (AvgIpc) is 2.98. The number of carbonyl (C=O) groups excluding carboxylic acids is 2. The van der Waals surface area contributed by atoms with Crippen LogP contribution in [0.25, 0.3) is 6.08 Å². The molecule has 126 valence electrons. The molecular weight excluding hydrogens is 308 g/mol. The van der Waals surface area contributed by atoms with Crippen molar-refractivity contribution in [2.45, 2.75) is 13.8 Å². The number of methoxy groups -OCH3 is 1. The molecule has 1 heterocycles. The number of benzene rings is 1. The lowest BCUT2D eigenvalue weighted by molar-refractivity contribution is -0.142. The van der Waals surface area contributed by atoms with E-state index in [-0.39, 0.29) is 12.4 Å². The summed E-state index contributed by atoms with van der Waals surface area (Å²) in [6.45, 7) is 3.65. The number of carbonyl (C=O) groups is 2. The molecule has 0 spiro atoms. The molecule has 0 amide bonds. The predicted octanol–water partition coefficient (Wildman–Crippen LogP) is 2.48. The van der Waals surface area contributed by atoms with E-state index in [0.29, 0.717) is 11.3 Å². The largest absolute Gasteiger partial charge is 0.481 e. The highest BCUT2D eigenvalue weighted by Gasteiger charge is 2.09. The van der Waals surface area contributed by atoms with Crippen LogP contribution < -0.4 is 4.74 Å². The molecule has 1 aromatic carbocycles. The molecule has 0 aliphatic rings. The van der Waals surface area contributed by atoms with Crippen molar-refractivity contribution in [3.63, 3.8) is 0 Å². The zero-order valence-electron chi connectivity index (χ0n) is 14.2. The third-order valence-electron chi connectivity index (χ3n) is 3.46. The summed E-state index contributed by atoms with van der Waals surface area (Å²) in [7, 11) is 3.08. The van der Waals surface area contributed by atoms with Crippen molar-refractivity contribution in [3.8, 4) is 5.75 Å². The highest BCUT2D eigenvalue weighted by Crippen LogP contribution is 2.25. The van der Waals surface area contributed by atoms with E-state index in [1.165, 1.54) is 19.4 Å². The van der Waals surface area contributed by atoms with Crippen LogP contribution in [-0.2, 0) is 16.6 Å². The van der Waals surface area contributed by atoms with E-state index in [1.807, 2.05) is 26.0 Å². The van der Waals surface area contributed by atoms with Crippen LogP contribution in [0.4, 0.5) is 0 Å². The number of allylic oxidation sites excluding steroid dienone is 1. The Hall–Kier alpha value is -2.89. The van der Waals surface area contributed by atoms with Crippen molar-refractivity contribution in [1.29, 1.82) is 0 Å².